The van der Waals surface area contributed by atoms with Gasteiger partial charge in [0.15, 0.2) is 0 Å². The standard InChI is InChI=1S/C8H11F2N3/c1-12-7(2-4-11-12)13-5-3-8(9,10)6-13/h2,4H,3,5-6H2,1H3. The minimum absolute atomic E-state index is 0.0574. The van der Waals surface area contributed by atoms with Gasteiger partial charge in [-0.3, -0.25) is 4.68 Å². The number of hydrogen-bond acceptors (Lipinski definition) is 2. The van der Waals surface area contributed by atoms with E-state index in [2.05, 4.69) is 5.10 Å². The molecule has 1 aromatic rings. The molecule has 1 aromatic heterocycles. The monoisotopic (exact) mass is 187 g/mol. The summed E-state index contributed by atoms with van der Waals surface area (Å²) in [6.45, 7) is 0.221. The normalized spacial score (nSPS) is 21.0. The van der Waals surface area contributed by atoms with E-state index in [0.717, 1.165) is 5.82 Å². The number of nitrogens with zero attached hydrogens (tertiary/aromatic N) is 3. The van der Waals surface area contributed by atoms with Gasteiger partial charge >= 0.3 is 0 Å². The molecule has 0 N–H and O–H groups in total. The molecule has 5 heteroatoms. The second-order valence-electron chi connectivity index (χ2n) is 3.34. The maximum Gasteiger partial charge on any atom is 0.266 e. The molecule has 2 heterocycles. The fraction of sp³-hybridized carbons (Fsp3) is 0.625. The SMILES string of the molecule is Cn1nccc1N1CCC(F)(F)C1. The van der Waals surface area contributed by atoms with E-state index >= 15 is 0 Å². The van der Waals surface area contributed by atoms with Crippen LogP contribution in [0.25, 0.3) is 0 Å². The van der Waals surface area contributed by atoms with Gasteiger partial charge in [0.1, 0.15) is 5.82 Å². The molecule has 13 heavy (non-hydrogen) atoms. The van der Waals surface area contributed by atoms with Crippen LogP contribution in [0, 0.1) is 0 Å². The molecule has 0 amide bonds. The molecule has 1 aliphatic heterocycles. The minimum atomic E-state index is -2.54. The van der Waals surface area contributed by atoms with Crippen molar-refractivity contribution in [2.75, 3.05) is 18.0 Å². The Balaban J connectivity index is 2.17. The minimum Gasteiger partial charge on any atom is -0.351 e. The highest BCUT2D eigenvalue weighted by molar-refractivity contribution is 5.40. The van der Waals surface area contributed by atoms with Gasteiger partial charge in [-0.2, -0.15) is 5.10 Å². The van der Waals surface area contributed by atoms with Crippen molar-refractivity contribution in [3.8, 4) is 0 Å². The second kappa shape index (κ2) is 2.68. The summed E-state index contributed by atoms with van der Waals surface area (Å²) in [6, 6.07) is 1.75. The average Bonchev–Trinajstić information content (AvgIpc) is 2.56. The topological polar surface area (TPSA) is 21.1 Å². The third-order valence-corrected chi connectivity index (χ3v) is 2.29. The summed E-state index contributed by atoms with van der Waals surface area (Å²) in [5.41, 5.74) is 0. The van der Waals surface area contributed by atoms with E-state index in [-0.39, 0.29) is 13.0 Å². The number of aromatic nitrogens is 2. The molecule has 0 aliphatic carbocycles. The predicted molar refractivity (Wildman–Crippen MR) is 45.0 cm³/mol. The molecule has 1 saturated heterocycles. The van der Waals surface area contributed by atoms with Gasteiger partial charge in [0.05, 0.1) is 12.7 Å². The molecule has 72 valence electrons. The first-order valence-corrected chi connectivity index (χ1v) is 4.19. The molecule has 1 fully saturated rings. The van der Waals surface area contributed by atoms with Gasteiger partial charge in [0.25, 0.3) is 5.92 Å². The zero-order valence-corrected chi connectivity index (χ0v) is 7.37. The summed E-state index contributed by atoms with van der Waals surface area (Å²) in [7, 11) is 1.76. The van der Waals surface area contributed by atoms with Crippen molar-refractivity contribution < 1.29 is 8.78 Å². The van der Waals surface area contributed by atoms with Crippen LogP contribution in [0.5, 0.6) is 0 Å². The van der Waals surface area contributed by atoms with Crippen molar-refractivity contribution in [3.63, 3.8) is 0 Å². The Morgan fingerprint density at radius 2 is 2.31 bits per heavy atom. The van der Waals surface area contributed by atoms with Crippen molar-refractivity contribution >= 4 is 5.82 Å². The molecular weight excluding hydrogens is 176 g/mol. The van der Waals surface area contributed by atoms with E-state index in [1.807, 2.05) is 0 Å². The Kier molecular flexibility index (Phi) is 1.75. The predicted octanol–water partition coefficient (Wildman–Crippen LogP) is 1.27. The molecule has 1 aliphatic rings. The first-order chi connectivity index (χ1) is 6.08. The van der Waals surface area contributed by atoms with Gasteiger partial charge in [-0.15, -0.1) is 0 Å². The molecule has 0 spiro atoms. The maximum atomic E-state index is 12.8. The van der Waals surface area contributed by atoms with Crippen LogP contribution in [0.2, 0.25) is 0 Å². The highest BCUT2D eigenvalue weighted by Gasteiger charge is 2.38. The fourth-order valence-electron chi connectivity index (χ4n) is 1.61. The Labute approximate surface area is 74.9 Å². The van der Waals surface area contributed by atoms with Crippen molar-refractivity contribution in [1.82, 2.24) is 9.78 Å². The Bertz CT molecular complexity index is 308. The number of halogens is 2. The summed E-state index contributed by atoms with van der Waals surface area (Å²) < 4.78 is 27.3. The van der Waals surface area contributed by atoms with E-state index in [1.165, 1.54) is 0 Å². The Morgan fingerprint density at radius 1 is 1.54 bits per heavy atom. The van der Waals surface area contributed by atoms with Crippen LogP contribution in [0.1, 0.15) is 6.42 Å². The second-order valence-corrected chi connectivity index (χ2v) is 3.34. The van der Waals surface area contributed by atoms with Crippen LogP contribution in [0.3, 0.4) is 0 Å². The highest BCUT2D eigenvalue weighted by atomic mass is 19.3. The van der Waals surface area contributed by atoms with Gasteiger partial charge in [-0.05, 0) is 0 Å². The number of aryl methyl sites for hydroxylation is 1. The molecular formula is C8H11F2N3. The summed E-state index contributed by atoms with van der Waals surface area (Å²) in [5, 5.41) is 3.94. The number of rotatable bonds is 1. The number of alkyl halides is 2. The Morgan fingerprint density at radius 3 is 2.77 bits per heavy atom. The van der Waals surface area contributed by atoms with Crippen LogP contribution in [0.4, 0.5) is 14.6 Å². The van der Waals surface area contributed by atoms with E-state index in [9.17, 15) is 8.78 Å². The molecule has 0 saturated carbocycles. The molecule has 0 aromatic carbocycles. The van der Waals surface area contributed by atoms with Crippen LogP contribution < -0.4 is 4.90 Å². The van der Waals surface area contributed by atoms with E-state index in [1.54, 1.807) is 28.9 Å². The van der Waals surface area contributed by atoms with E-state index in [0.29, 0.717) is 6.54 Å². The van der Waals surface area contributed by atoms with Gasteiger partial charge in [0.2, 0.25) is 0 Å². The highest BCUT2D eigenvalue weighted by Crippen LogP contribution is 2.30. The van der Waals surface area contributed by atoms with E-state index in [4.69, 9.17) is 0 Å². The molecule has 0 unspecified atom stereocenters. The lowest BCUT2D eigenvalue weighted by atomic mass is 10.3. The fourth-order valence-corrected chi connectivity index (χ4v) is 1.61. The lowest BCUT2D eigenvalue weighted by molar-refractivity contribution is 0.0256. The van der Waals surface area contributed by atoms with Gasteiger partial charge in [-0.25, -0.2) is 8.78 Å². The molecule has 3 nitrogen and oxygen atoms in total. The maximum absolute atomic E-state index is 12.8. The van der Waals surface area contributed by atoms with Crippen molar-refractivity contribution in [2.24, 2.45) is 7.05 Å². The van der Waals surface area contributed by atoms with Gasteiger partial charge in [0, 0.05) is 26.1 Å². The molecule has 2 rings (SSSR count). The smallest absolute Gasteiger partial charge is 0.266 e. The summed E-state index contributed by atoms with van der Waals surface area (Å²) in [4.78, 5) is 1.66. The van der Waals surface area contributed by atoms with Crippen molar-refractivity contribution in [1.29, 1.82) is 0 Å². The first kappa shape index (κ1) is 8.47. The van der Waals surface area contributed by atoms with E-state index < -0.39 is 5.92 Å². The third-order valence-electron chi connectivity index (χ3n) is 2.29. The largest absolute Gasteiger partial charge is 0.351 e. The summed E-state index contributed by atoms with van der Waals surface area (Å²) in [6.07, 6.45) is 1.56. The van der Waals surface area contributed by atoms with Crippen LogP contribution in [-0.2, 0) is 7.05 Å². The van der Waals surface area contributed by atoms with Gasteiger partial charge in [-0.1, -0.05) is 0 Å². The zero-order chi connectivity index (χ0) is 9.47. The molecule has 0 radical (unpaired) electrons. The third kappa shape index (κ3) is 1.50. The molecule has 0 bridgehead atoms. The lowest BCUT2D eigenvalue weighted by Crippen LogP contribution is -2.26. The van der Waals surface area contributed by atoms with Crippen molar-refractivity contribution in [2.45, 2.75) is 12.3 Å². The van der Waals surface area contributed by atoms with Gasteiger partial charge < -0.3 is 4.90 Å². The van der Waals surface area contributed by atoms with Crippen molar-refractivity contribution in [3.05, 3.63) is 12.3 Å². The summed E-state index contributed by atoms with van der Waals surface area (Å²) >= 11 is 0. The average molecular weight is 187 g/mol. The summed E-state index contributed by atoms with van der Waals surface area (Å²) in [5.74, 6) is -1.78. The first-order valence-electron chi connectivity index (χ1n) is 4.19. The van der Waals surface area contributed by atoms with Crippen LogP contribution >= 0.6 is 0 Å². The quantitative estimate of drug-likeness (QED) is 0.660. The number of hydrogen-bond donors (Lipinski definition) is 0. The van der Waals surface area contributed by atoms with Crippen LogP contribution in [-0.4, -0.2) is 28.8 Å². The Hall–Kier alpha value is -1.13. The number of anilines is 1. The zero-order valence-electron chi connectivity index (χ0n) is 7.37. The van der Waals surface area contributed by atoms with Crippen LogP contribution in [0.15, 0.2) is 12.3 Å². The molecule has 0 atom stereocenters. The lowest BCUT2D eigenvalue weighted by Gasteiger charge is -2.17.